The number of carbonyl (C=O) groups excluding carboxylic acids is 1. The molecule has 0 aliphatic carbocycles. The van der Waals surface area contributed by atoms with Crippen molar-refractivity contribution in [2.24, 2.45) is 5.73 Å². The summed E-state index contributed by atoms with van der Waals surface area (Å²) in [6.45, 7) is 4.90. The first-order valence-electron chi connectivity index (χ1n) is 6.34. The van der Waals surface area contributed by atoms with Crippen LogP contribution < -0.4 is 11.1 Å². The number of hydrogen-bond acceptors (Lipinski definition) is 3. The first-order chi connectivity index (χ1) is 9.17. The van der Waals surface area contributed by atoms with Crippen molar-refractivity contribution >= 4 is 11.6 Å². The van der Waals surface area contributed by atoms with Gasteiger partial charge in [0.05, 0.1) is 12.2 Å². The molecule has 1 rings (SSSR count). The number of rotatable bonds is 5. The Kier molecular flexibility index (Phi) is 6.65. The van der Waals surface area contributed by atoms with Crippen molar-refractivity contribution in [3.63, 3.8) is 0 Å². The van der Waals surface area contributed by atoms with Crippen LogP contribution >= 0.6 is 0 Å². The molecule has 1 amide bonds. The van der Waals surface area contributed by atoms with Crippen molar-refractivity contribution in [1.82, 2.24) is 0 Å². The number of ether oxygens (including phenoxy) is 1. The van der Waals surface area contributed by atoms with Gasteiger partial charge >= 0.3 is 0 Å². The summed E-state index contributed by atoms with van der Waals surface area (Å²) in [7, 11) is 0. The molecule has 3 N–H and O–H groups in total. The van der Waals surface area contributed by atoms with Crippen LogP contribution in [0.5, 0.6) is 0 Å². The maximum Gasteiger partial charge on any atom is 0.250 e. The minimum absolute atomic E-state index is 0.0611. The van der Waals surface area contributed by atoms with Crippen LogP contribution in [0.4, 0.5) is 5.69 Å². The quantitative estimate of drug-likeness (QED) is 0.625. The molecule has 0 unspecified atom stereocenters. The van der Waals surface area contributed by atoms with Crippen molar-refractivity contribution in [3.05, 3.63) is 29.3 Å². The molecule has 0 fully saturated rings. The zero-order chi connectivity index (χ0) is 14.1. The van der Waals surface area contributed by atoms with E-state index in [2.05, 4.69) is 17.2 Å². The fourth-order valence-electron chi connectivity index (χ4n) is 1.51. The van der Waals surface area contributed by atoms with E-state index >= 15 is 0 Å². The Bertz CT molecular complexity index is 487. The van der Waals surface area contributed by atoms with Crippen LogP contribution in [0, 0.1) is 18.8 Å². The van der Waals surface area contributed by atoms with Gasteiger partial charge in [0.1, 0.15) is 6.61 Å². The van der Waals surface area contributed by atoms with Crippen molar-refractivity contribution in [2.75, 3.05) is 25.1 Å². The van der Waals surface area contributed by atoms with Gasteiger partial charge in [0.15, 0.2) is 0 Å². The summed E-state index contributed by atoms with van der Waals surface area (Å²) in [4.78, 5) is 11.7. The van der Waals surface area contributed by atoms with E-state index in [1.165, 1.54) is 0 Å². The molecule has 0 heterocycles. The second-order valence-electron chi connectivity index (χ2n) is 4.16. The first kappa shape index (κ1) is 15.2. The molecule has 0 spiro atoms. The molecule has 0 atom stereocenters. The molecule has 0 saturated heterocycles. The summed E-state index contributed by atoms with van der Waals surface area (Å²) in [5.74, 6) is 5.56. The smallest absolute Gasteiger partial charge is 0.250 e. The Morgan fingerprint density at radius 3 is 2.95 bits per heavy atom. The number of nitrogens with one attached hydrogen (secondary N) is 1. The largest absolute Gasteiger partial charge is 0.372 e. The van der Waals surface area contributed by atoms with Crippen LogP contribution in [-0.2, 0) is 9.53 Å². The summed E-state index contributed by atoms with van der Waals surface area (Å²) in [5.41, 5.74) is 7.88. The first-order valence-corrected chi connectivity index (χ1v) is 6.34. The van der Waals surface area contributed by atoms with Crippen LogP contribution in [-0.4, -0.2) is 25.7 Å². The number of nitrogens with two attached hydrogens (primary N) is 1. The normalized spacial score (nSPS) is 9.63. The third-order valence-corrected chi connectivity index (χ3v) is 2.36. The number of hydrogen-bond donors (Lipinski definition) is 2. The second kappa shape index (κ2) is 8.30. The fraction of sp³-hybridized carbons (Fsp3) is 0.400. The molecule has 0 bridgehead atoms. The average molecular weight is 260 g/mol. The minimum atomic E-state index is -0.171. The molecule has 102 valence electrons. The summed E-state index contributed by atoms with van der Waals surface area (Å²) in [6.07, 6.45) is 0.894. The number of carbonyl (C=O) groups is 1. The van der Waals surface area contributed by atoms with E-state index in [1.807, 2.05) is 32.0 Å². The maximum absolute atomic E-state index is 11.7. The minimum Gasteiger partial charge on any atom is -0.372 e. The Labute approximate surface area is 114 Å². The van der Waals surface area contributed by atoms with Gasteiger partial charge in [0, 0.05) is 12.2 Å². The van der Waals surface area contributed by atoms with Crippen LogP contribution in [0.2, 0.25) is 0 Å². The zero-order valence-corrected chi connectivity index (χ0v) is 11.5. The zero-order valence-electron chi connectivity index (χ0n) is 11.5. The predicted octanol–water partition coefficient (Wildman–Crippen LogP) is 1.67. The van der Waals surface area contributed by atoms with E-state index in [9.17, 15) is 4.79 Å². The van der Waals surface area contributed by atoms with Gasteiger partial charge in [-0.2, -0.15) is 0 Å². The third kappa shape index (κ3) is 5.56. The van der Waals surface area contributed by atoms with Gasteiger partial charge < -0.3 is 15.8 Å². The van der Waals surface area contributed by atoms with E-state index < -0.39 is 0 Å². The summed E-state index contributed by atoms with van der Waals surface area (Å²) >= 11 is 0. The van der Waals surface area contributed by atoms with Crippen molar-refractivity contribution in [3.8, 4) is 11.8 Å². The molecule has 0 radical (unpaired) electrons. The lowest BCUT2D eigenvalue weighted by Crippen LogP contribution is -2.19. The predicted molar refractivity (Wildman–Crippen MR) is 76.9 cm³/mol. The summed E-state index contributed by atoms with van der Waals surface area (Å²) in [5, 5.41) is 2.81. The van der Waals surface area contributed by atoms with Crippen LogP contribution in [0.25, 0.3) is 0 Å². The standard InChI is InChI=1S/C15H20N2O2/c1-3-9-19-11-15(18)17-14-10-12(2)6-7-13(14)5-4-8-16/h6-7,10H,3,8-9,11,16H2,1-2H3,(H,17,18). The molecule has 4 nitrogen and oxygen atoms in total. The van der Waals surface area contributed by atoms with E-state index in [0.29, 0.717) is 18.8 Å². The monoisotopic (exact) mass is 260 g/mol. The average Bonchev–Trinajstić information content (AvgIpc) is 2.38. The third-order valence-electron chi connectivity index (χ3n) is 2.36. The highest BCUT2D eigenvalue weighted by atomic mass is 16.5. The van der Waals surface area contributed by atoms with Crippen molar-refractivity contribution in [2.45, 2.75) is 20.3 Å². The molecule has 1 aromatic carbocycles. The SMILES string of the molecule is CCCOCC(=O)Nc1cc(C)ccc1C#CCN. The van der Waals surface area contributed by atoms with E-state index in [1.54, 1.807) is 0 Å². The second-order valence-corrected chi connectivity index (χ2v) is 4.16. The van der Waals surface area contributed by atoms with Gasteiger partial charge in [-0.05, 0) is 31.0 Å². The van der Waals surface area contributed by atoms with Gasteiger partial charge in [-0.3, -0.25) is 4.79 Å². The van der Waals surface area contributed by atoms with Crippen LogP contribution in [0.15, 0.2) is 18.2 Å². The lowest BCUT2D eigenvalue weighted by molar-refractivity contribution is -0.120. The van der Waals surface area contributed by atoms with Crippen LogP contribution in [0.3, 0.4) is 0 Å². The van der Waals surface area contributed by atoms with Crippen molar-refractivity contribution < 1.29 is 9.53 Å². The molecule has 0 aliphatic rings. The lowest BCUT2D eigenvalue weighted by atomic mass is 10.1. The van der Waals surface area contributed by atoms with Gasteiger partial charge in [-0.1, -0.05) is 24.8 Å². The lowest BCUT2D eigenvalue weighted by Gasteiger charge is -2.09. The Morgan fingerprint density at radius 1 is 1.47 bits per heavy atom. The van der Waals surface area contributed by atoms with E-state index in [4.69, 9.17) is 10.5 Å². The molecule has 0 saturated carbocycles. The highest BCUT2D eigenvalue weighted by molar-refractivity contribution is 5.93. The van der Waals surface area contributed by atoms with Gasteiger partial charge in [-0.15, -0.1) is 0 Å². The Balaban J connectivity index is 2.75. The molecule has 19 heavy (non-hydrogen) atoms. The van der Waals surface area contributed by atoms with E-state index in [0.717, 1.165) is 17.5 Å². The van der Waals surface area contributed by atoms with Gasteiger partial charge in [-0.25, -0.2) is 0 Å². The molecule has 0 aromatic heterocycles. The Morgan fingerprint density at radius 2 is 2.26 bits per heavy atom. The number of benzene rings is 1. The number of amides is 1. The summed E-state index contributed by atoms with van der Waals surface area (Å²) < 4.78 is 5.20. The van der Waals surface area contributed by atoms with Gasteiger partial charge in [0.25, 0.3) is 0 Å². The summed E-state index contributed by atoms with van der Waals surface area (Å²) in [6, 6.07) is 5.71. The molecule has 1 aromatic rings. The highest BCUT2D eigenvalue weighted by Gasteiger charge is 2.06. The molecular formula is C15H20N2O2. The van der Waals surface area contributed by atoms with E-state index in [-0.39, 0.29) is 12.5 Å². The number of aryl methyl sites for hydroxylation is 1. The van der Waals surface area contributed by atoms with Crippen LogP contribution in [0.1, 0.15) is 24.5 Å². The molecule has 0 aliphatic heterocycles. The number of anilines is 1. The topological polar surface area (TPSA) is 64.3 Å². The fourth-order valence-corrected chi connectivity index (χ4v) is 1.51. The maximum atomic E-state index is 11.7. The molecule has 4 heteroatoms. The highest BCUT2D eigenvalue weighted by Crippen LogP contribution is 2.16. The van der Waals surface area contributed by atoms with Crippen molar-refractivity contribution in [1.29, 1.82) is 0 Å². The van der Waals surface area contributed by atoms with Gasteiger partial charge in [0.2, 0.25) is 5.91 Å². The Hall–Kier alpha value is -1.83. The molecular weight excluding hydrogens is 240 g/mol.